The Balaban J connectivity index is 3.21. The third-order valence-corrected chi connectivity index (χ3v) is 2.77. The predicted octanol–water partition coefficient (Wildman–Crippen LogP) is 2.87. The van der Waals surface area contributed by atoms with Crippen LogP contribution in [0.4, 0.5) is 17.6 Å². The zero-order valence-electron chi connectivity index (χ0n) is 7.52. The van der Waals surface area contributed by atoms with Crippen molar-refractivity contribution >= 4 is 28.9 Å². The van der Waals surface area contributed by atoms with Gasteiger partial charge in [0.25, 0.3) is 0 Å². The summed E-state index contributed by atoms with van der Waals surface area (Å²) in [5, 5.41) is 0. The summed E-state index contributed by atoms with van der Waals surface area (Å²) < 4.78 is 51.7. The Labute approximate surface area is 101 Å². The molecule has 0 saturated carbocycles. The van der Waals surface area contributed by atoms with E-state index in [0.29, 0.717) is 6.20 Å². The van der Waals surface area contributed by atoms with Crippen LogP contribution in [-0.4, -0.2) is 17.6 Å². The van der Waals surface area contributed by atoms with Crippen molar-refractivity contribution in [2.45, 2.75) is 13.0 Å². The summed E-state index contributed by atoms with van der Waals surface area (Å²) >= 11 is 1.54. The lowest BCUT2D eigenvalue weighted by Gasteiger charge is -2.12. The van der Waals surface area contributed by atoms with Crippen molar-refractivity contribution in [2.75, 3.05) is 0 Å². The Morgan fingerprint density at radius 1 is 1.50 bits per heavy atom. The highest BCUT2D eigenvalue weighted by molar-refractivity contribution is 14.1. The molecule has 0 aliphatic rings. The van der Waals surface area contributed by atoms with Crippen molar-refractivity contribution in [1.29, 1.82) is 0 Å². The average molecular weight is 349 g/mol. The lowest BCUT2D eigenvalue weighted by Crippen LogP contribution is -2.19. The summed E-state index contributed by atoms with van der Waals surface area (Å²) in [6.45, 7) is -0.967. The van der Waals surface area contributed by atoms with E-state index in [1.807, 2.05) is 0 Å². The molecule has 0 aliphatic carbocycles. The smallest absolute Gasteiger partial charge is 0.403 e. The van der Waals surface area contributed by atoms with Crippen LogP contribution in [0, 0.1) is 3.57 Å². The van der Waals surface area contributed by atoms with Gasteiger partial charge in [-0.25, -0.2) is 4.39 Å². The molecule has 1 rings (SSSR count). The summed E-state index contributed by atoms with van der Waals surface area (Å²) in [4.78, 5) is 14.0. The van der Waals surface area contributed by atoms with Gasteiger partial charge in [0.05, 0.1) is 21.0 Å². The Kier molecular flexibility index (Phi) is 4.05. The van der Waals surface area contributed by atoms with Crippen LogP contribution in [0.1, 0.15) is 16.1 Å². The Bertz CT molecular complexity index is 408. The van der Waals surface area contributed by atoms with Crippen LogP contribution in [0.3, 0.4) is 0 Å². The van der Waals surface area contributed by atoms with Gasteiger partial charge in [-0.15, -0.1) is 13.2 Å². The maximum absolute atomic E-state index is 12.3. The first-order chi connectivity index (χ1) is 7.39. The van der Waals surface area contributed by atoms with E-state index in [9.17, 15) is 22.4 Å². The molecule has 0 N–H and O–H groups in total. The standard InChI is InChI=1S/C8H4F4INO2/c9-1-5-7(13)4(3-15)6(2-14-5)16-8(10,11)12/h2-3H,1H2. The van der Waals surface area contributed by atoms with Gasteiger partial charge >= 0.3 is 6.36 Å². The summed E-state index contributed by atoms with van der Waals surface area (Å²) in [6.07, 6.45) is -4.07. The van der Waals surface area contributed by atoms with Crippen molar-refractivity contribution < 1.29 is 27.1 Å². The summed E-state index contributed by atoms with van der Waals surface area (Å²) in [6, 6.07) is 0. The van der Waals surface area contributed by atoms with Gasteiger partial charge in [-0.1, -0.05) is 0 Å². The molecule has 8 heteroatoms. The predicted molar refractivity (Wildman–Crippen MR) is 53.8 cm³/mol. The second-order valence-corrected chi connectivity index (χ2v) is 3.67. The number of hydrogen-bond acceptors (Lipinski definition) is 3. The Morgan fingerprint density at radius 2 is 2.12 bits per heavy atom. The zero-order chi connectivity index (χ0) is 12.3. The number of rotatable bonds is 3. The van der Waals surface area contributed by atoms with Gasteiger partial charge in [0.15, 0.2) is 12.0 Å². The lowest BCUT2D eigenvalue weighted by molar-refractivity contribution is -0.274. The number of pyridine rings is 1. The highest BCUT2D eigenvalue weighted by atomic mass is 127. The second kappa shape index (κ2) is 4.93. The maximum atomic E-state index is 12.3. The molecule has 16 heavy (non-hydrogen) atoms. The summed E-state index contributed by atoms with van der Waals surface area (Å²) in [5.41, 5.74) is -0.460. The van der Waals surface area contributed by atoms with Crippen LogP contribution in [0.25, 0.3) is 0 Å². The zero-order valence-corrected chi connectivity index (χ0v) is 9.67. The lowest BCUT2D eigenvalue weighted by atomic mass is 10.2. The quantitative estimate of drug-likeness (QED) is 0.479. The number of carbonyl (C=O) groups is 1. The highest BCUT2D eigenvalue weighted by Gasteiger charge is 2.33. The molecule has 3 nitrogen and oxygen atoms in total. The van der Waals surface area contributed by atoms with Crippen molar-refractivity contribution in [3.8, 4) is 5.75 Å². The monoisotopic (exact) mass is 349 g/mol. The molecule has 0 radical (unpaired) electrons. The van der Waals surface area contributed by atoms with Gasteiger partial charge in [-0.2, -0.15) is 0 Å². The Morgan fingerprint density at radius 3 is 2.56 bits per heavy atom. The number of alkyl halides is 4. The fourth-order valence-electron chi connectivity index (χ4n) is 0.935. The number of ether oxygens (including phenoxy) is 1. The first kappa shape index (κ1) is 13.1. The minimum absolute atomic E-state index is 0.0110. The fourth-order valence-corrected chi connectivity index (χ4v) is 1.61. The van der Waals surface area contributed by atoms with Crippen molar-refractivity contribution in [3.05, 3.63) is 21.0 Å². The summed E-state index contributed by atoms with van der Waals surface area (Å²) in [7, 11) is 0. The van der Waals surface area contributed by atoms with E-state index in [1.165, 1.54) is 22.6 Å². The van der Waals surface area contributed by atoms with Gasteiger partial charge in [0.1, 0.15) is 6.67 Å². The fraction of sp³-hybridized carbons (Fsp3) is 0.250. The van der Waals surface area contributed by atoms with Crippen molar-refractivity contribution in [3.63, 3.8) is 0 Å². The van der Waals surface area contributed by atoms with E-state index in [2.05, 4.69) is 9.72 Å². The van der Waals surface area contributed by atoms with Gasteiger partial charge < -0.3 is 4.74 Å². The molecule has 0 aliphatic heterocycles. The molecule has 0 aromatic carbocycles. The van der Waals surface area contributed by atoms with Gasteiger partial charge in [-0.05, 0) is 22.6 Å². The largest absolute Gasteiger partial charge is 0.573 e. The van der Waals surface area contributed by atoms with Crippen LogP contribution in [0.2, 0.25) is 0 Å². The molecule has 1 heterocycles. The molecular weight excluding hydrogens is 345 g/mol. The second-order valence-electron chi connectivity index (χ2n) is 2.60. The number of halogens is 5. The number of aldehydes is 1. The van der Waals surface area contributed by atoms with E-state index in [4.69, 9.17) is 0 Å². The molecule has 0 atom stereocenters. The van der Waals surface area contributed by atoms with Crippen LogP contribution in [0.15, 0.2) is 6.20 Å². The SMILES string of the molecule is O=Cc1c(OC(F)(F)F)cnc(CF)c1I. The molecule has 88 valence electrons. The summed E-state index contributed by atoms with van der Waals surface area (Å²) in [5.74, 6) is -0.732. The number of nitrogens with zero attached hydrogens (tertiary/aromatic N) is 1. The van der Waals surface area contributed by atoms with Gasteiger partial charge in [0.2, 0.25) is 0 Å². The molecule has 0 saturated heterocycles. The molecule has 0 amide bonds. The van der Waals surface area contributed by atoms with Crippen LogP contribution < -0.4 is 4.74 Å². The van der Waals surface area contributed by atoms with Gasteiger partial charge in [0, 0.05) is 0 Å². The van der Waals surface area contributed by atoms with Gasteiger partial charge in [-0.3, -0.25) is 9.78 Å². The molecule has 1 aromatic rings. The van der Waals surface area contributed by atoms with Crippen LogP contribution in [0.5, 0.6) is 5.75 Å². The average Bonchev–Trinajstić information content (AvgIpc) is 2.16. The first-order valence-electron chi connectivity index (χ1n) is 3.83. The van der Waals surface area contributed by atoms with E-state index in [-0.39, 0.29) is 21.1 Å². The van der Waals surface area contributed by atoms with Crippen molar-refractivity contribution in [1.82, 2.24) is 4.98 Å². The normalized spacial score (nSPS) is 11.3. The van der Waals surface area contributed by atoms with Crippen LogP contribution in [-0.2, 0) is 6.67 Å². The minimum atomic E-state index is -4.92. The molecule has 0 spiro atoms. The molecule has 0 bridgehead atoms. The van der Waals surface area contributed by atoms with Crippen molar-refractivity contribution in [2.24, 2.45) is 0 Å². The molecule has 0 unspecified atom stereocenters. The molecule has 1 aromatic heterocycles. The van der Waals surface area contributed by atoms with E-state index in [0.717, 1.165) is 0 Å². The molecular formula is C8H4F4INO2. The number of aromatic nitrogens is 1. The van der Waals surface area contributed by atoms with E-state index in [1.54, 1.807) is 0 Å². The van der Waals surface area contributed by atoms with E-state index < -0.39 is 18.8 Å². The minimum Gasteiger partial charge on any atom is -0.403 e. The Hall–Kier alpha value is -0.930. The maximum Gasteiger partial charge on any atom is 0.573 e. The third-order valence-electron chi connectivity index (χ3n) is 1.56. The molecule has 0 fully saturated rings. The van der Waals surface area contributed by atoms with Crippen LogP contribution >= 0.6 is 22.6 Å². The third kappa shape index (κ3) is 3.03. The first-order valence-corrected chi connectivity index (χ1v) is 4.91. The highest BCUT2D eigenvalue weighted by Crippen LogP contribution is 2.29. The van der Waals surface area contributed by atoms with E-state index >= 15 is 0 Å². The topological polar surface area (TPSA) is 39.2 Å². The number of hydrogen-bond donors (Lipinski definition) is 0. The number of carbonyl (C=O) groups excluding carboxylic acids is 1.